The van der Waals surface area contributed by atoms with Crippen LogP contribution in [0.15, 0.2) is 18.2 Å². The van der Waals surface area contributed by atoms with Crippen LogP contribution in [-0.4, -0.2) is 76.2 Å². The molecule has 0 spiro atoms. The zero-order valence-corrected chi connectivity index (χ0v) is 18.8. The lowest BCUT2D eigenvalue weighted by atomic mass is 10.0. The van der Waals surface area contributed by atoms with Gasteiger partial charge in [0.15, 0.2) is 0 Å². The molecule has 1 aliphatic carbocycles. The molecule has 0 aromatic heterocycles. The highest BCUT2D eigenvalue weighted by Gasteiger charge is 2.53. The molecule has 2 bridgehead atoms. The number of rotatable bonds is 5. The summed E-state index contributed by atoms with van der Waals surface area (Å²) in [6.45, 7) is 3.61. The maximum absolute atomic E-state index is 13.3. The molecule has 4 N–H and O–H groups in total. The van der Waals surface area contributed by atoms with Gasteiger partial charge in [-0.1, -0.05) is 13.0 Å². The number of carbonyl (C=O) groups excluding carboxylic acids is 3. The number of amides is 3. The molecule has 33 heavy (non-hydrogen) atoms. The zero-order valence-electron chi connectivity index (χ0n) is 18.8. The van der Waals surface area contributed by atoms with E-state index in [-0.39, 0.29) is 35.9 Å². The number of benzene rings is 1. The van der Waals surface area contributed by atoms with Crippen molar-refractivity contribution in [3.63, 3.8) is 0 Å². The molecule has 1 aromatic rings. The van der Waals surface area contributed by atoms with Crippen molar-refractivity contribution in [3.05, 3.63) is 34.9 Å². The second-order valence-corrected chi connectivity index (χ2v) is 10.0. The molecule has 4 aliphatic rings. The summed E-state index contributed by atoms with van der Waals surface area (Å²) in [7, 11) is 0. The third-order valence-corrected chi connectivity index (χ3v) is 7.81. The average Bonchev–Trinajstić information content (AvgIpc) is 3.54. The first-order valence-corrected chi connectivity index (χ1v) is 11.7. The first-order valence-electron chi connectivity index (χ1n) is 11.7. The second-order valence-electron chi connectivity index (χ2n) is 10.0. The first-order chi connectivity index (χ1) is 15.8. The van der Waals surface area contributed by atoms with Gasteiger partial charge in [-0.15, -0.1) is 0 Å². The lowest BCUT2D eigenvalue weighted by Gasteiger charge is -2.38. The monoisotopic (exact) mass is 450 g/mol. The van der Waals surface area contributed by atoms with E-state index in [9.17, 15) is 19.6 Å². The molecule has 6 atom stereocenters. The van der Waals surface area contributed by atoms with Crippen molar-refractivity contribution in [2.24, 2.45) is 17.4 Å². The van der Waals surface area contributed by atoms with Crippen molar-refractivity contribution >= 4 is 17.7 Å². The molecule has 174 valence electrons. The summed E-state index contributed by atoms with van der Waals surface area (Å²) in [6, 6.07) is 6.43. The molecule has 3 heterocycles. The number of likely N-dealkylation sites (tertiary alicyclic amines) is 3. The molecule has 0 saturated carbocycles. The van der Waals surface area contributed by atoms with E-state index < -0.39 is 18.0 Å². The van der Waals surface area contributed by atoms with E-state index in [1.807, 2.05) is 28.9 Å². The van der Waals surface area contributed by atoms with E-state index in [0.29, 0.717) is 31.6 Å². The fraction of sp³-hybridized carbons (Fsp3) is 0.583. The van der Waals surface area contributed by atoms with Crippen LogP contribution >= 0.6 is 0 Å². The summed E-state index contributed by atoms with van der Waals surface area (Å²) >= 11 is 0. The van der Waals surface area contributed by atoms with Gasteiger partial charge in [-0.05, 0) is 54.9 Å². The number of fused-ring (bicyclic) bond motifs is 3. The summed E-state index contributed by atoms with van der Waals surface area (Å²) in [6.07, 6.45) is 3.08. The lowest BCUT2D eigenvalue weighted by molar-refractivity contribution is -0.141. The van der Waals surface area contributed by atoms with E-state index in [2.05, 4.69) is 6.07 Å². The van der Waals surface area contributed by atoms with Gasteiger partial charge in [0.2, 0.25) is 17.7 Å². The Bertz CT molecular complexity index is 1050. The number of nitrogens with two attached hydrogens (primary N) is 2. The quantitative estimate of drug-likeness (QED) is 0.655. The highest BCUT2D eigenvalue weighted by atomic mass is 16.2. The summed E-state index contributed by atoms with van der Waals surface area (Å²) in [5, 5.41) is 9.37. The van der Waals surface area contributed by atoms with Gasteiger partial charge in [-0.3, -0.25) is 19.3 Å². The van der Waals surface area contributed by atoms with E-state index >= 15 is 0 Å². The number of primary amides is 1. The lowest BCUT2D eigenvalue weighted by Crippen LogP contribution is -2.56. The van der Waals surface area contributed by atoms with Crippen molar-refractivity contribution in [3.8, 4) is 6.07 Å². The molecule has 5 rings (SSSR count). The van der Waals surface area contributed by atoms with Gasteiger partial charge in [-0.2, -0.15) is 5.26 Å². The molecule has 9 heteroatoms. The van der Waals surface area contributed by atoms with Crippen molar-refractivity contribution in [1.82, 2.24) is 14.7 Å². The van der Waals surface area contributed by atoms with Gasteiger partial charge in [0.25, 0.3) is 0 Å². The average molecular weight is 451 g/mol. The maximum atomic E-state index is 13.3. The number of nitriles is 1. The number of hydrogen-bond acceptors (Lipinski definition) is 6. The van der Waals surface area contributed by atoms with Crippen LogP contribution in [0.1, 0.15) is 53.7 Å². The van der Waals surface area contributed by atoms with Crippen LogP contribution in [0.3, 0.4) is 0 Å². The van der Waals surface area contributed by atoms with Crippen molar-refractivity contribution in [1.29, 1.82) is 5.26 Å². The van der Waals surface area contributed by atoms with E-state index in [0.717, 1.165) is 30.4 Å². The number of carbonyl (C=O) groups is 3. The molecular weight excluding hydrogens is 420 g/mol. The minimum atomic E-state index is -0.744. The highest BCUT2D eigenvalue weighted by molar-refractivity contribution is 5.93. The molecule has 3 fully saturated rings. The van der Waals surface area contributed by atoms with Crippen molar-refractivity contribution in [2.75, 3.05) is 19.6 Å². The van der Waals surface area contributed by atoms with Crippen LogP contribution in [0, 0.1) is 17.2 Å². The summed E-state index contributed by atoms with van der Waals surface area (Å²) in [4.78, 5) is 43.4. The van der Waals surface area contributed by atoms with Crippen molar-refractivity contribution in [2.45, 2.75) is 62.8 Å². The zero-order chi connectivity index (χ0) is 23.4. The van der Waals surface area contributed by atoms with Gasteiger partial charge in [0.1, 0.15) is 6.04 Å². The minimum absolute atomic E-state index is 0.0179. The molecule has 3 aliphatic heterocycles. The Balaban J connectivity index is 1.25. The Hall–Kier alpha value is -2.96. The van der Waals surface area contributed by atoms with Crippen molar-refractivity contribution < 1.29 is 14.4 Å². The third kappa shape index (κ3) is 3.58. The smallest absolute Gasteiger partial charge is 0.248 e. The Morgan fingerprint density at radius 2 is 2.03 bits per heavy atom. The molecular formula is C24H30N6O3. The van der Waals surface area contributed by atoms with Crippen LogP contribution in [-0.2, 0) is 16.0 Å². The van der Waals surface area contributed by atoms with Crippen LogP contribution in [0.4, 0.5) is 0 Å². The number of piperazine rings is 1. The van der Waals surface area contributed by atoms with Crippen LogP contribution in [0.25, 0.3) is 0 Å². The second kappa shape index (κ2) is 8.12. The summed E-state index contributed by atoms with van der Waals surface area (Å²) in [5.74, 6) is -0.263. The Labute approximate surface area is 193 Å². The van der Waals surface area contributed by atoms with E-state index in [1.54, 1.807) is 11.0 Å². The first kappa shape index (κ1) is 21.9. The summed E-state index contributed by atoms with van der Waals surface area (Å²) < 4.78 is 0. The fourth-order valence-electron chi connectivity index (χ4n) is 6.29. The van der Waals surface area contributed by atoms with E-state index in [4.69, 9.17) is 11.5 Å². The molecule has 5 unspecified atom stereocenters. The molecule has 0 radical (unpaired) electrons. The normalized spacial score (nSPS) is 31.7. The minimum Gasteiger partial charge on any atom is -0.366 e. The Kier molecular flexibility index (Phi) is 5.38. The molecule has 3 saturated heterocycles. The van der Waals surface area contributed by atoms with Crippen LogP contribution in [0.2, 0.25) is 0 Å². The fourth-order valence-corrected chi connectivity index (χ4v) is 6.29. The maximum Gasteiger partial charge on any atom is 0.248 e. The third-order valence-electron chi connectivity index (χ3n) is 7.81. The molecule has 9 nitrogen and oxygen atoms in total. The molecule has 3 amide bonds. The standard InChI is InChI=1S/C24H30N6O3/c1-13-6-16(9-25)29(10-13)23(32)19(26)12-28-11-17-8-21(28)24(33)30(17)20-5-3-14-7-15(22(27)31)2-4-18(14)20/h2,4,7,13,16-17,19-21H,3,5-6,8,10-12,26H2,1H3,(H2,27,31)/t13?,16?,17-,19?,20?,21?/m0/s1. The number of hydrogen-bond donors (Lipinski definition) is 2. The van der Waals surface area contributed by atoms with Gasteiger partial charge in [0.05, 0.1) is 24.2 Å². The van der Waals surface area contributed by atoms with Gasteiger partial charge in [0, 0.05) is 31.2 Å². The van der Waals surface area contributed by atoms with Gasteiger partial charge in [-0.25, -0.2) is 0 Å². The Morgan fingerprint density at radius 3 is 2.73 bits per heavy atom. The predicted molar refractivity (Wildman–Crippen MR) is 120 cm³/mol. The van der Waals surface area contributed by atoms with E-state index in [1.165, 1.54) is 0 Å². The van der Waals surface area contributed by atoms with Gasteiger partial charge < -0.3 is 21.3 Å². The Morgan fingerprint density at radius 1 is 1.24 bits per heavy atom. The number of aryl methyl sites for hydroxylation is 1. The predicted octanol–water partition coefficient (Wildman–Crippen LogP) is 0.146. The molecule has 1 aromatic carbocycles. The van der Waals surface area contributed by atoms with Crippen LogP contribution < -0.4 is 11.5 Å². The van der Waals surface area contributed by atoms with Gasteiger partial charge >= 0.3 is 0 Å². The topological polar surface area (TPSA) is 137 Å². The largest absolute Gasteiger partial charge is 0.366 e. The highest BCUT2D eigenvalue weighted by Crippen LogP contribution is 2.44. The van der Waals surface area contributed by atoms with Crippen LogP contribution in [0.5, 0.6) is 0 Å². The number of nitrogens with zero attached hydrogens (tertiary/aromatic N) is 4. The SMILES string of the molecule is CC1CC(C#N)N(C(=O)C(N)CN2C[C@@H]3CC2C(=O)N3C2CCc3cc(C(N)=O)ccc32)C1. The summed E-state index contributed by atoms with van der Waals surface area (Å²) in [5.41, 5.74) is 14.4.